The molecular weight excluding hydrogens is 943 g/mol. The lowest BCUT2D eigenvalue weighted by Crippen LogP contribution is -2.61. The molecule has 0 radical (unpaired) electrons. The van der Waals surface area contributed by atoms with Crippen LogP contribution in [0.1, 0.15) is 119 Å². The van der Waals surface area contributed by atoms with Crippen LogP contribution in [0.15, 0.2) is 4.99 Å². The van der Waals surface area contributed by atoms with E-state index in [9.17, 15) is 57.8 Å². The number of carbonyl (C=O) groups is 11. The van der Waals surface area contributed by atoms with E-state index in [1.807, 2.05) is 0 Å². The SMILES string of the molecule is CC[C@H](C)[C@H](NC(=O)[C@@H]1CCCN1C(=O)[C@H](CCC(N)=O)NC(=O)[C@H](CC(N)=O)NC(=O)[C@H](CC(C)C)NC(=O)[C@H](CCCN=C(N)N)NC(=O)CN)C(=O)N[C@@H](CCCCN)C(=O)N[C@H](C(=O)O)C(C)C. The molecule has 1 saturated heterocycles. The molecule has 27 nitrogen and oxygen atoms in total. The van der Waals surface area contributed by atoms with Crippen molar-refractivity contribution >= 4 is 71.0 Å². The first-order valence-corrected chi connectivity index (χ1v) is 24.4. The zero-order valence-corrected chi connectivity index (χ0v) is 42.5. The van der Waals surface area contributed by atoms with Crippen molar-refractivity contribution in [2.45, 2.75) is 167 Å². The Morgan fingerprint density at radius 2 is 1.19 bits per heavy atom. The van der Waals surface area contributed by atoms with E-state index in [2.05, 4.69) is 42.2 Å². The number of guanidine groups is 1. The summed E-state index contributed by atoms with van der Waals surface area (Å²) in [5, 5.41) is 27.5. The molecule has 1 heterocycles. The predicted molar refractivity (Wildman–Crippen MR) is 264 cm³/mol. The number of nitrogens with one attached hydrogen (secondary N) is 7. The fraction of sp³-hybridized carbons (Fsp3) is 0.733. The van der Waals surface area contributed by atoms with E-state index in [-0.39, 0.29) is 63.5 Å². The van der Waals surface area contributed by atoms with Gasteiger partial charge in [-0.25, -0.2) is 4.79 Å². The minimum Gasteiger partial charge on any atom is -0.480 e. The van der Waals surface area contributed by atoms with E-state index in [4.69, 9.17) is 34.4 Å². The number of aliphatic carboxylic acids is 1. The highest BCUT2D eigenvalue weighted by Gasteiger charge is 2.41. The van der Waals surface area contributed by atoms with Crippen LogP contribution in [0, 0.1) is 17.8 Å². The van der Waals surface area contributed by atoms with Crippen molar-refractivity contribution in [1.29, 1.82) is 0 Å². The second-order valence-corrected chi connectivity index (χ2v) is 18.7. The van der Waals surface area contributed by atoms with Gasteiger partial charge in [0.1, 0.15) is 48.3 Å². The van der Waals surface area contributed by atoms with Crippen LogP contribution >= 0.6 is 0 Å². The standard InChI is InChI=1S/C45H81N15O12/c1-7-25(6)36(42(69)54-27(12-8-9-17-46)38(65)58-35(24(4)5)44(71)72)59-41(68)31-14-11-19-60(31)43(70)28(15-16-32(48)61)55-40(67)30(21-33(49)62)57-39(66)29(20-23(2)3)56-37(64)26(53-34(63)22-47)13-10-18-52-45(50)51/h23-31,35-36H,7-22,46-47H2,1-6H3,(H2,48,61)(H2,49,62)(H,53,63)(H,54,69)(H,55,67)(H,56,64)(H,57,66)(H,58,65)(H,59,68)(H,71,72)(H4,50,51,52)/t25-,26-,27-,28-,29-,30-,31-,35-,36-/m0/s1. The fourth-order valence-corrected chi connectivity index (χ4v) is 7.75. The lowest BCUT2D eigenvalue weighted by Gasteiger charge is -2.32. The van der Waals surface area contributed by atoms with E-state index < -0.39 is 145 Å². The quantitative estimate of drug-likeness (QED) is 0.0164. The summed E-state index contributed by atoms with van der Waals surface area (Å²) in [6.45, 7) is 10.2. The number of hydrogen-bond acceptors (Lipinski definition) is 14. The van der Waals surface area contributed by atoms with E-state index in [0.29, 0.717) is 32.2 Å². The summed E-state index contributed by atoms with van der Waals surface area (Å²) in [6.07, 6.45) is 0.561. The topological polar surface area (TPSA) is 464 Å². The summed E-state index contributed by atoms with van der Waals surface area (Å²) in [4.78, 5) is 151. The van der Waals surface area contributed by atoms with Gasteiger partial charge >= 0.3 is 5.97 Å². The molecule has 0 aromatic heterocycles. The second kappa shape index (κ2) is 32.4. The van der Waals surface area contributed by atoms with Gasteiger partial charge in [0.15, 0.2) is 5.96 Å². The number of nitrogens with zero attached hydrogens (tertiary/aromatic N) is 2. The maximum atomic E-state index is 14.4. The number of carbonyl (C=O) groups excluding carboxylic acids is 10. The van der Waals surface area contributed by atoms with Gasteiger partial charge in [0, 0.05) is 19.5 Å². The predicted octanol–water partition coefficient (Wildman–Crippen LogP) is -4.51. The Bertz CT molecular complexity index is 1910. The Labute approximate surface area is 420 Å². The van der Waals surface area contributed by atoms with Gasteiger partial charge in [-0.1, -0.05) is 48.0 Å². The van der Waals surface area contributed by atoms with E-state index in [1.165, 1.54) is 4.90 Å². The number of amides is 10. The molecule has 0 aliphatic carbocycles. The molecule has 0 aromatic rings. The summed E-state index contributed by atoms with van der Waals surface area (Å²) in [5.41, 5.74) is 32.8. The van der Waals surface area contributed by atoms with Crippen molar-refractivity contribution in [3.63, 3.8) is 0 Å². The third-order valence-corrected chi connectivity index (χ3v) is 11.9. The van der Waals surface area contributed by atoms with Gasteiger partial charge in [-0.15, -0.1) is 0 Å². The maximum Gasteiger partial charge on any atom is 0.326 e. The van der Waals surface area contributed by atoms with Crippen LogP contribution in [0.25, 0.3) is 0 Å². The first kappa shape index (κ1) is 63.4. The summed E-state index contributed by atoms with van der Waals surface area (Å²) in [5.74, 6) is -11.1. The molecule has 0 unspecified atom stereocenters. The van der Waals surface area contributed by atoms with Gasteiger partial charge in [-0.05, 0) is 82.1 Å². The molecule has 0 bridgehead atoms. The molecule has 1 fully saturated rings. The summed E-state index contributed by atoms with van der Waals surface area (Å²) >= 11 is 0. The first-order valence-electron chi connectivity index (χ1n) is 24.4. The average Bonchev–Trinajstić information content (AvgIpc) is 3.80. The molecule has 1 aliphatic heterocycles. The normalized spacial score (nSPS) is 16.6. The van der Waals surface area contributed by atoms with Crippen LogP contribution in [0.3, 0.4) is 0 Å². The number of nitrogens with two attached hydrogens (primary N) is 6. The minimum atomic E-state index is -1.73. The van der Waals surface area contributed by atoms with Crippen LogP contribution < -0.4 is 71.6 Å². The number of aliphatic imine (C=N–C) groups is 1. The summed E-state index contributed by atoms with van der Waals surface area (Å²) in [6, 6.07) is -10.6. The Kier molecular flexibility index (Phi) is 28.5. The van der Waals surface area contributed by atoms with E-state index in [1.54, 1.807) is 41.5 Å². The number of unbranched alkanes of at least 4 members (excludes halogenated alkanes) is 1. The van der Waals surface area contributed by atoms with Crippen molar-refractivity contribution in [2.75, 3.05) is 26.2 Å². The van der Waals surface area contributed by atoms with E-state index in [0.717, 1.165) is 0 Å². The number of rotatable bonds is 34. The molecule has 72 heavy (non-hydrogen) atoms. The van der Waals surface area contributed by atoms with Crippen LogP contribution in [0.5, 0.6) is 0 Å². The first-order chi connectivity index (χ1) is 33.8. The van der Waals surface area contributed by atoms with Crippen molar-refractivity contribution in [3.8, 4) is 0 Å². The Balaban J connectivity index is 3.46. The molecule has 1 rings (SSSR count). The zero-order valence-electron chi connectivity index (χ0n) is 42.5. The molecule has 408 valence electrons. The average molecular weight is 1020 g/mol. The molecule has 10 amide bonds. The summed E-state index contributed by atoms with van der Waals surface area (Å²) < 4.78 is 0. The molecule has 9 atom stereocenters. The van der Waals surface area contributed by atoms with Crippen LogP contribution in [-0.2, 0) is 52.7 Å². The maximum absolute atomic E-state index is 14.4. The van der Waals surface area contributed by atoms with Gasteiger partial charge in [0.25, 0.3) is 0 Å². The van der Waals surface area contributed by atoms with E-state index >= 15 is 0 Å². The third-order valence-electron chi connectivity index (χ3n) is 11.9. The lowest BCUT2D eigenvalue weighted by atomic mass is 9.96. The molecular formula is C45H81N15O12. The Morgan fingerprint density at radius 3 is 1.74 bits per heavy atom. The zero-order chi connectivity index (χ0) is 54.8. The van der Waals surface area contributed by atoms with Crippen molar-refractivity contribution < 1.29 is 57.8 Å². The lowest BCUT2D eigenvalue weighted by molar-refractivity contribution is -0.144. The summed E-state index contributed by atoms with van der Waals surface area (Å²) in [7, 11) is 0. The van der Waals surface area contributed by atoms with Gasteiger partial charge < -0.3 is 81.6 Å². The molecule has 0 saturated carbocycles. The number of hydrogen-bond donors (Lipinski definition) is 14. The third kappa shape index (κ3) is 22.6. The second-order valence-electron chi connectivity index (χ2n) is 18.7. The van der Waals surface area contributed by atoms with Crippen LogP contribution in [0.2, 0.25) is 0 Å². The minimum absolute atomic E-state index is 0.00306. The monoisotopic (exact) mass is 1020 g/mol. The highest BCUT2D eigenvalue weighted by Crippen LogP contribution is 2.21. The van der Waals surface area contributed by atoms with Gasteiger partial charge in [0.2, 0.25) is 59.1 Å². The molecule has 1 aliphatic rings. The molecule has 0 spiro atoms. The molecule has 27 heteroatoms. The Hall–Kier alpha value is -6.64. The highest BCUT2D eigenvalue weighted by atomic mass is 16.4. The number of carboxylic acid groups (broad SMARTS) is 1. The van der Waals surface area contributed by atoms with Crippen LogP contribution in [0.4, 0.5) is 0 Å². The largest absolute Gasteiger partial charge is 0.480 e. The number of likely N-dealkylation sites (tertiary alicyclic amines) is 1. The van der Waals surface area contributed by atoms with Gasteiger partial charge in [-0.3, -0.25) is 52.9 Å². The van der Waals surface area contributed by atoms with Crippen molar-refractivity contribution in [1.82, 2.24) is 42.1 Å². The Morgan fingerprint density at radius 1 is 0.639 bits per heavy atom. The highest BCUT2D eigenvalue weighted by molar-refractivity contribution is 5.99. The molecule has 0 aromatic carbocycles. The van der Waals surface area contributed by atoms with Crippen LogP contribution in [-0.4, -0.2) is 156 Å². The van der Waals surface area contributed by atoms with Gasteiger partial charge in [-0.2, -0.15) is 0 Å². The number of primary amides is 2. The smallest absolute Gasteiger partial charge is 0.326 e. The number of carboxylic acids is 1. The molecule has 20 N–H and O–H groups in total. The van der Waals surface area contributed by atoms with Crippen molar-refractivity contribution in [3.05, 3.63) is 0 Å². The van der Waals surface area contributed by atoms with Crippen molar-refractivity contribution in [2.24, 2.45) is 57.1 Å². The van der Waals surface area contributed by atoms with Gasteiger partial charge in [0.05, 0.1) is 13.0 Å². The fourth-order valence-electron chi connectivity index (χ4n) is 7.75.